The number of hydrogen-bond donors (Lipinski definition) is 1. The summed E-state index contributed by atoms with van der Waals surface area (Å²) in [6.45, 7) is 5.10. The van der Waals surface area contributed by atoms with Crippen molar-refractivity contribution < 1.29 is 0 Å². The zero-order valence-electron chi connectivity index (χ0n) is 20.2. The second-order valence-corrected chi connectivity index (χ2v) is 9.34. The van der Waals surface area contributed by atoms with Crippen LogP contribution in [0, 0.1) is 0 Å². The van der Waals surface area contributed by atoms with Gasteiger partial charge in [-0.15, -0.1) is 5.10 Å². The molecule has 1 aliphatic carbocycles. The molecule has 4 aromatic rings. The Labute approximate surface area is 200 Å². The van der Waals surface area contributed by atoms with Crippen LogP contribution >= 0.6 is 0 Å². The summed E-state index contributed by atoms with van der Waals surface area (Å²) >= 11 is 0. The van der Waals surface area contributed by atoms with Crippen LogP contribution in [-0.2, 0) is 19.4 Å². The van der Waals surface area contributed by atoms with Gasteiger partial charge in [-0.1, -0.05) is 45.2 Å². The molecule has 178 valence electrons. The first-order chi connectivity index (χ1) is 16.8. The number of hydrogen-bond acceptors (Lipinski definition) is 5. The van der Waals surface area contributed by atoms with Crippen LogP contribution in [0.2, 0.25) is 0 Å². The van der Waals surface area contributed by atoms with Crippen molar-refractivity contribution in [2.45, 2.75) is 84.1 Å². The summed E-state index contributed by atoms with van der Waals surface area (Å²) < 4.78 is 4.29. The van der Waals surface area contributed by atoms with E-state index in [0.717, 1.165) is 61.1 Å². The van der Waals surface area contributed by atoms with E-state index in [4.69, 9.17) is 10.1 Å². The van der Waals surface area contributed by atoms with Crippen molar-refractivity contribution in [1.82, 2.24) is 40.0 Å². The Kier molecular flexibility index (Phi) is 6.83. The number of H-pyrrole nitrogens is 1. The van der Waals surface area contributed by atoms with Crippen molar-refractivity contribution >= 4 is 0 Å². The third-order valence-corrected chi connectivity index (χ3v) is 6.82. The molecule has 0 atom stereocenters. The largest absolute Gasteiger partial charge is 0.314 e. The Balaban J connectivity index is 1.42. The molecule has 0 spiro atoms. The molecule has 8 nitrogen and oxygen atoms in total. The van der Waals surface area contributed by atoms with Gasteiger partial charge >= 0.3 is 0 Å². The number of aromatic nitrogens is 8. The van der Waals surface area contributed by atoms with Gasteiger partial charge in [-0.25, -0.2) is 14.8 Å². The smallest absolute Gasteiger partial charge is 0.196 e. The SMILES string of the molecule is CCCc1nc(CCC)n(Cc2ccc(-n3ccc(C4CCCCC4)c3-c3nnn[nH]3)cc2)n1. The molecule has 1 saturated carbocycles. The van der Waals surface area contributed by atoms with Crippen LogP contribution < -0.4 is 0 Å². The highest BCUT2D eigenvalue weighted by Gasteiger charge is 2.24. The lowest BCUT2D eigenvalue weighted by atomic mass is 9.84. The molecule has 0 amide bonds. The summed E-state index contributed by atoms with van der Waals surface area (Å²) in [5, 5.41) is 19.7. The maximum Gasteiger partial charge on any atom is 0.196 e. The number of aromatic amines is 1. The average molecular weight is 459 g/mol. The van der Waals surface area contributed by atoms with Gasteiger partial charge in [-0.2, -0.15) is 5.10 Å². The zero-order valence-corrected chi connectivity index (χ0v) is 20.2. The Morgan fingerprint density at radius 3 is 2.47 bits per heavy atom. The number of tetrazole rings is 1. The Bertz CT molecular complexity index is 1180. The van der Waals surface area contributed by atoms with Crippen LogP contribution in [0.4, 0.5) is 0 Å². The topological polar surface area (TPSA) is 90.1 Å². The molecule has 34 heavy (non-hydrogen) atoms. The summed E-state index contributed by atoms with van der Waals surface area (Å²) in [4.78, 5) is 4.76. The van der Waals surface area contributed by atoms with E-state index in [2.05, 4.69) is 80.2 Å². The normalized spacial score (nSPS) is 14.6. The van der Waals surface area contributed by atoms with Gasteiger partial charge < -0.3 is 4.57 Å². The van der Waals surface area contributed by atoms with Crippen LogP contribution in [0.1, 0.15) is 87.5 Å². The van der Waals surface area contributed by atoms with Crippen LogP contribution in [0.15, 0.2) is 36.5 Å². The lowest BCUT2D eigenvalue weighted by Crippen LogP contribution is -2.08. The summed E-state index contributed by atoms with van der Waals surface area (Å²) in [7, 11) is 0. The molecule has 1 aromatic carbocycles. The molecule has 5 rings (SSSR count). The molecule has 0 aliphatic heterocycles. The van der Waals surface area contributed by atoms with Crippen LogP contribution in [0.25, 0.3) is 17.2 Å². The third kappa shape index (κ3) is 4.67. The number of nitrogens with zero attached hydrogens (tertiary/aromatic N) is 7. The Morgan fingerprint density at radius 2 is 1.76 bits per heavy atom. The van der Waals surface area contributed by atoms with Gasteiger partial charge in [0.25, 0.3) is 0 Å². The molecule has 0 unspecified atom stereocenters. The lowest BCUT2D eigenvalue weighted by molar-refractivity contribution is 0.444. The van der Waals surface area contributed by atoms with E-state index >= 15 is 0 Å². The van der Waals surface area contributed by atoms with Gasteiger partial charge in [0.2, 0.25) is 0 Å². The van der Waals surface area contributed by atoms with E-state index in [9.17, 15) is 0 Å². The number of nitrogens with one attached hydrogen (secondary N) is 1. The summed E-state index contributed by atoms with van der Waals surface area (Å²) in [6, 6.07) is 11.0. The van der Waals surface area contributed by atoms with Gasteiger partial charge in [-0.05, 0) is 71.4 Å². The maximum atomic E-state index is 4.77. The van der Waals surface area contributed by atoms with Crippen molar-refractivity contribution in [3.05, 3.63) is 59.3 Å². The van der Waals surface area contributed by atoms with E-state index < -0.39 is 0 Å². The first-order valence-corrected chi connectivity index (χ1v) is 12.7. The monoisotopic (exact) mass is 458 g/mol. The van der Waals surface area contributed by atoms with Crippen molar-refractivity contribution in [2.75, 3.05) is 0 Å². The highest BCUT2D eigenvalue weighted by atomic mass is 15.5. The van der Waals surface area contributed by atoms with Gasteiger partial charge in [0.05, 0.1) is 12.2 Å². The minimum absolute atomic E-state index is 0.566. The van der Waals surface area contributed by atoms with Crippen LogP contribution in [0.3, 0.4) is 0 Å². The second kappa shape index (κ2) is 10.3. The number of benzene rings is 1. The standard InChI is InChI=1S/C26H34N8/c1-3-8-23-27-24(9-4-2)34(30-23)18-19-12-14-21(15-13-19)33-17-16-22(20-10-6-5-7-11-20)25(33)26-28-31-32-29-26/h12-17,20H,3-11,18H2,1-2H3,(H,28,29,31,32). The summed E-state index contributed by atoms with van der Waals surface area (Å²) in [5.74, 6) is 3.33. The fourth-order valence-electron chi connectivity index (χ4n) is 5.14. The Hall–Kier alpha value is -3.29. The molecule has 0 radical (unpaired) electrons. The van der Waals surface area contributed by atoms with E-state index in [1.54, 1.807) is 0 Å². The van der Waals surface area contributed by atoms with Crippen molar-refractivity contribution in [1.29, 1.82) is 0 Å². The zero-order chi connectivity index (χ0) is 23.3. The molecular weight excluding hydrogens is 424 g/mol. The van der Waals surface area contributed by atoms with Gasteiger partial charge in [0, 0.05) is 24.7 Å². The van der Waals surface area contributed by atoms with Crippen molar-refractivity contribution in [2.24, 2.45) is 0 Å². The van der Waals surface area contributed by atoms with E-state index in [1.807, 2.05) is 0 Å². The predicted molar refractivity (Wildman–Crippen MR) is 132 cm³/mol. The summed E-state index contributed by atoms with van der Waals surface area (Å²) in [5.41, 5.74) is 4.75. The molecule has 8 heteroatoms. The average Bonchev–Trinajstić information content (AvgIpc) is 3.61. The minimum atomic E-state index is 0.566. The molecule has 3 heterocycles. The highest BCUT2D eigenvalue weighted by Crippen LogP contribution is 2.38. The van der Waals surface area contributed by atoms with Gasteiger partial charge in [-0.3, -0.25) is 0 Å². The molecule has 1 fully saturated rings. The molecule has 3 aromatic heterocycles. The fraction of sp³-hybridized carbons (Fsp3) is 0.500. The molecule has 1 aliphatic rings. The fourth-order valence-corrected chi connectivity index (χ4v) is 5.14. The molecule has 1 N–H and O–H groups in total. The molecule has 0 bridgehead atoms. The Morgan fingerprint density at radius 1 is 0.971 bits per heavy atom. The number of rotatable bonds is 9. The van der Waals surface area contributed by atoms with Gasteiger partial charge in [0.15, 0.2) is 11.6 Å². The molecule has 0 saturated heterocycles. The van der Waals surface area contributed by atoms with E-state index in [0.29, 0.717) is 5.92 Å². The van der Waals surface area contributed by atoms with Crippen molar-refractivity contribution in [3.63, 3.8) is 0 Å². The lowest BCUT2D eigenvalue weighted by Gasteiger charge is -2.22. The number of aryl methyl sites for hydroxylation is 2. The van der Waals surface area contributed by atoms with E-state index in [1.165, 1.54) is 43.2 Å². The molecular formula is C26H34N8. The minimum Gasteiger partial charge on any atom is -0.314 e. The highest BCUT2D eigenvalue weighted by molar-refractivity contribution is 5.61. The summed E-state index contributed by atoms with van der Waals surface area (Å²) in [6.07, 6.45) is 12.6. The van der Waals surface area contributed by atoms with Crippen molar-refractivity contribution in [3.8, 4) is 17.2 Å². The van der Waals surface area contributed by atoms with E-state index in [-0.39, 0.29) is 0 Å². The van der Waals surface area contributed by atoms with Crippen LogP contribution in [0.5, 0.6) is 0 Å². The van der Waals surface area contributed by atoms with Gasteiger partial charge in [0.1, 0.15) is 5.82 Å². The first kappa shape index (κ1) is 22.5. The second-order valence-electron chi connectivity index (χ2n) is 9.34. The first-order valence-electron chi connectivity index (χ1n) is 12.7. The maximum absolute atomic E-state index is 4.77. The third-order valence-electron chi connectivity index (χ3n) is 6.82. The van der Waals surface area contributed by atoms with Crippen LogP contribution in [-0.4, -0.2) is 40.0 Å². The quantitative estimate of drug-likeness (QED) is 0.370. The predicted octanol–water partition coefficient (Wildman–Crippen LogP) is 5.25.